The van der Waals surface area contributed by atoms with Crippen molar-refractivity contribution in [2.75, 3.05) is 19.7 Å². The highest BCUT2D eigenvalue weighted by molar-refractivity contribution is 7.13. The molecule has 0 radical (unpaired) electrons. The molecule has 1 saturated carbocycles. The highest BCUT2D eigenvalue weighted by atomic mass is 32.1. The smallest absolute Gasteiger partial charge is 0.273 e. The van der Waals surface area contributed by atoms with Gasteiger partial charge in [0.25, 0.3) is 11.6 Å². The van der Waals surface area contributed by atoms with Crippen LogP contribution in [0.5, 0.6) is 5.19 Å². The number of nitrogens with zero attached hydrogens (tertiary/aromatic N) is 1. The van der Waals surface area contributed by atoms with Crippen LogP contribution in [-0.2, 0) is 12.8 Å². The molecule has 0 aromatic carbocycles. The van der Waals surface area contributed by atoms with Crippen LogP contribution in [-0.4, -0.2) is 31.1 Å². The Bertz CT molecular complexity index is 448. The summed E-state index contributed by atoms with van der Waals surface area (Å²) in [6.45, 7) is 3.43. The molecule has 1 aliphatic rings. The lowest BCUT2D eigenvalue weighted by atomic mass is 9.87. The molecule has 23 heavy (non-hydrogen) atoms. The van der Waals surface area contributed by atoms with Gasteiger partial charge in [0.2, 0.25) is 0 Å². The fourth-order valence-electron chi connectivity index (χ4n) is 3.14. The zero-order valence-electron chi connectivity index (χ0n) is 14.0. The Morgan fingerprint density at radius 2 is 2.04 bits per heavy atom. The van der Waals surface area contributed by atoms with E-state index in [1.54, 1.807) is 0 Å². The SMILES string of the molecule is CCc1sc(OCC(F)F)nc1CCNCCC1CCCCC1. The molecule has 0 aliphatic heterocycles. The largest absolute Gasteiger partial charge is 0.464 e. The van der Waals surface area contributed by atoms with Crippen LogP contribution >= 0.6 is 11.3 Å². The van der Waals surface area contributed by atoms with Gasteiger partial charge in [-0.05, 0) is 25.3 Å². The summed E-state index contributed by atoms with van der Waals surface area (Å²) in [5.41, 5.74) is 0.993. The third kappa shape index (κ3) is 6.71. The van der Waals surface area contributed by atoms with E-state index in [-0.39, 0.29) is 0 Å². The Morgan fingerprint density at radius 1 is 1.26 bits per heavy atom. The first-order valence-electron chi connectivity index (χ1n) is 8.79. The van der Waals surface area contributed by atoms with E-state index in [0.29, 0.717) is 5.19 Å². The van der Waals surface area contributed by atoms with Gasteiger partial charge in [0.05, 0.1) is 5.69 Å². The third-order valence-corrected chi connectivity index (χ3v) is 5.56. The molecule has 6 heteroatoms. The molecule has 1 aromatic rings. The van der Waals surface area contributed by atoms with Gasteiger partial charge in [-0.1, -0.05) is 50.4 Å². The molecule has 1 N–H and O–H groups in total. The molecule has 1 fully saturated rings. The summed E-state index contributed by atoms with van der Waals surface area (Å²) in [5.74, 6) is 0.899. The lowest BCUT2D eigenvalue weighted by molar-refractivity contribution is 0.0816. The molecule has 3 nitrogen and oxygen atoms in total. The van der Waals surface area contributed by atoms with Crippen LogP contribution in [0.4, 0.5) is 8.78 Å². The first-order chi connectivity index (χ1) is 11.2. The maximum Gasteiger partial charge on any atom is 0.273 e. The van der Waals surface area contributed by atoms with Gasteiger partial charge in [-0.3, -0.25) is 0 Å². The van der Waals surface area contributed by atoms with Crippen LogP contribution in [0.25, 0.3) is 0 Å². The van der Waals surface area contributed by atoms with E-state index in [1.165, 1.54) is 49.9 Å². The predicted octanol–water partition coefficient (Wildman–Crippen LogP) is 4.45. The van der Waals surface area contributed by atoms with Crippen molar-refractivity contribution in [2.45, 2.75) is 64.7 Å². The Hall–Kier alpha value is -0.750. The fourth-order valence-corrected chi connectivity index (χ4v) is 4.04. The molecule has 0 saturated heterocycles. The zero-order chi connectivity index (χ0) is 16.5. The maximum atomic E-state index is 12.2. The minimum Gasteiger partial charge on any atom is -0.464 e. The average Bonchev–Trinajstić information content (AvgIpc) is 2.96. The van der Waals surface area contributed by atoms with Crippen molar-refractivity contribution in [3.05, 3.63) is 10.6 Å². The second-order valence-corrected chi connectivity index (χ2v) is 7.24. The third-order valence-electron chi connectivity index (χ3n) is 4.41. The van der Waals surface area contributed by atoms with Crippen LogP contribution in [0, 0.1) is 5.92 Å². The van der Waals surface area contributed by atoms with Crippen LogP contribution in [0.15, 0.2) is 0 Å². The van der Waals surface area contributed by atoms with Gasteiger partial charge in [-0.15, -0.1) is 0 Å². The quantitative estimate of drug-likeness (QED) is 0.636. The number of alkyl halides is 2. The summed E-state index contributed by atoms with van der Waals surface area (Å²) in [5, 5.41) is 3.87. The van der Waals surface area contributed by atoms with Crippen LogP contribution in [0.3, 0.4) is 0 Å². The number of hydrogen-bond acceptors (Lipinski definition) is 4. The van der Waals surface area contributed by atoms with Crippen LogP contribution in [0.2, 0.25) is 0 Å². The standard InChI is InChI=1S/C17H28F2N2OS/c1-2-15-14(21-17(23-15)22-12-16(18)19)9-11-20-10-8-13-6-4-3-5-7-13/h13,16,20H,2-12H2,1H3. The number of nitrogens with one attached hydrogen (secondary N) is 1. The van der Waals surface area contributed by atoms with E-state index >= 15 is 0 Å². The number of aromatic nitrogens is 1. The first-order valence-corrected chi connectivity index (χ1v) is 9.61. The summed E-state index contributed by atoms with van der Waals surface area (Å²) in [7, 11) is 0. The van der Waals surface area contributed by atoms with Crippen molar-refractivity contribution in [3.8, 4) is 5.19 Å². The van der Waals surface area contributed by atoms with Gasteiger partial charge in [0, 0.05) is 17.8 Å². The summed E-state index contributed by atoms with van der Waals surface area (Å²) >= 11 is 1.39. The topological polar surface area (TPSA) is 34.1 Å². The lowest BCUT2D eigenvalue weighted by Gasteiger charge is -2.21. The highest BCUT2D eigenvalue weighted by Gasteiger charge is 2.14. The van der Waals surface area contributed by atoms with E-state index in [9.17, 15) is 8.78 Å². The number of thiazole rings is 1. The fraction of sp³-hybridized carbons (Fsp3) is 0.824. The van der Waals surface area contributed by atoms with Gasteiger partial charge in [0.15, 0.2) is 6.61 Å². The summed E-state index contributed by atoms with van der Waals surface area (Å²) < 4.78 is 29.4. The van der Waals surface area contributed by atoms with Crippen LogP contribution in [0.1, 0.15) is 56.0 Å². The van der Waals surface area contributed by atoms with Crippen molar-refractivity contribution >= 4 is 11.3 Å². The van der Waals surface area contributed by atoms with Crippen LogP contribution < -0.4 is 10.1 Å². The molecule has 0 unspecified atom stereocenters. The number of rotatable bonds is 10. The summed E-state index contributed by atoms with van der Waals surface area (Å²) in [6.07, 6.45) is 7.49. The lowest BCUT2D eigenvalue weighted by Crippen LogP contribution is -2.22. The highest BCUT2D eigenvalue weighted by Crippen LogP contribution is 2.27. The Balaban J connectivity index is 1.67. The Labute approximate surface area is 141 Å². The second kappa shape index (κ2) is 10.2. The number of ether oxygens (including phenoxy) is 1. The number of halogens is 2. The van der Waals surface area contributed by atoms with E-state index in [4.69, 9.17) is 4.74 Å². The number of aryl methyl sites for hydroxylation is 1. The molecule has 0 amide bonds. The normalized spacial score (nSPS) is 16.2. The molecular formula is C17H28F2N2OS. The molecule has 0 atom stereocenters. The van der Waals surface area contributed by atoms with E-state index < -0.39 is 13.0 Å². The van der Waals surface area contributed by atoms with E-state index in [0.717, 1.165) is 42.4 Å². The van der Waals surface area contributed by atoms with Gasteiger partial charge in [-0.25, -0.2) is 13.8 Å². The molecule has 2 rings (SSSR count). The zero-order valence-corrected chi connectivity index (χ0v) is 14.8. The Kier molecular flexibility index (Phi) is 8.23. The molecule has 1 aromatic heterocycles. The second-order valence-electron chi connectivity index (χ2n) is 6.20. The molecular weight excluding hydrogens is 318 g/mol. The molecule has 1 heterocycles. The Morgan fingerprint density at radius 3 is 2.74 bits per heavy atom. The van der Waals surface area contributed by atoms with Crippen molar-refractivity contribution in [3.63, 3.8) is 0 Å². The molecule has 132 valence electrons. The average molecular weight is 346 g/mol. The van der Waals surface area contributed by atoms with Crippen molar-refractivity contribution < 1.29 is 13.5 Å². The summed E-state index contributed by atoms with van der Waals surface area (Å²) in [4.78, 5) is 5.51. The monoisotopic (exact) mass is 346 g/mol. The predicted molar refractivity (Wildman–Crippen MR) is 90.8 cm³/mol. The van der Waals surface area contributed by atoms with Gasteiger partial charge >= 0.3 is 0 Å². The maximum absolute atomic E-state index is 12.2. The molecule has 0 spiro atoms. The minimum absolute atomic E-state index is 0.374. The van der Waals surface area contributed by atoms with Crippen molar-refractivity contribution in [2.24, 2.45) is 5.92 Å². The van der Waals surface area contributed by atoms with Crippen molar-refractivity contribution in [1.82, 2.24) is 10.3 Å². The summed E-state index contributed by atoms with van der Waals surface area (Å²) in [6, 6.07) is 0. The molecule has 1 aliphatic carbocycles. The first kappa shape index (κ1) is 18.6. The van der Waals surface area contributed by atoms with Gasteiger partial charge < -0.3 is 10.1 Å². The van der Waals surface area contributed by atoms with E-state index in [2.05, 4.69) is 17.2 Å². The van der Waals surface area contributed by atoms with E-state index in [1.807, 2.05) is 0 Å². The van der Waals surface area contributed by atoms with Gasteiger partial charge in [-0.2, -0.15) is 0 Å². The minimum atomic E-state index is -2.45. The number of hydrogen-bond donors (Lipinski definition) is 1. The van der Waals surface area contributed by atoms with Crippen molar-refractivity contribution in [1.29, 1.82) is 0 Å². The molecule has 0 bridgehead atoms. The van der Waals surface area contributed by atoms with Gasteiger partial charge in [0.1, 0.15) is 0 Å².